The van der Waals surface area contributed by atoms with Gasteiger partial charge in [-0.3, -0.25) is 0 Å². The SMILES string of the molecule is CC1CCCCC1C1NCCc2[nH]cnc21. The molecule has 0 aromatic carbocycles. The maximum Gasteiger partial charge on any atom is 0.0925 e. The number of rotatable bonds is 1. The van der Waals surface area contributed by atoms with Gasteiger partial charge in [-0.15, -0.1) is 0 Å². The molecule has 3 heteroatoms. The highest BCUT2D eigenvalue weighted by Crippen LogP contribution is 2.39. The second-order valence-electron chi connectivity index (χ2n) is 5.37. The first-order valence-corrected chi connectivity index (χ1v) is 6.62. The number of aromatic nitrogens is 2. The summed E-state index contributed by atoms with van der Waals surface area (Å²) in [7, 11) is 0. The molecule has 2 N–H and O–H groups in total. The van der Waals surface area contributed by atoms with Crippen LogP contribution in [-0.2, 0) is 6.42 Å². The van der Waals surface area contributed by atoms with Crippen LogP contribution < -0.4 is 5.32 Å². The molecular formula is C13H21N3. The van der Waals surface area contributed by atoms with Crippen LogP contribution in [0.25, 0.3) is 0 Å². The zero-order valence-corrected chi connectivity index (χ0v) is 10.00. The summed E-state index contributed by atoms with van der Waals surface area (Å²) >= 11 is 0. The van der Waals surface area contributed by atoms with Crippen molar-refractivity contribution < 1.29 is 0 Å². The summed E-state index contributed by atoms with van der Waals surface area (Å²) in [6, 6.07) is 0.505. The van der Waals surface area contributed by atoms with E-state index in [1.807, 2.05) is 6.33 Å². The Balaban J connectivity index is 1.85. The van der Waals surface area contributed by atoms with Gasteiger partial charge in [-0.1, -0.05) is 26.2 Å². The Morgan fingerprint density at radius 1 is 1.31 bits per heavy atom. The van der Waals surface area contributed by atoms with E-state index >= 15 is 0 Å². The summed E-state index contributed by atoms with van der Waals surface area (Å²) in [4.78, 5) is 7.82. The Bertz CT molecular complexity index is 358. The molecule has 0 radical (unpaired) electrons. The quantitative estimate of drug-likeness (QED) is 0.761. The third-order valence-electron chi connectivity index (χ3n) is 4.39. The monoisotopic (exact) mass is 219 g/mol. The molecule has 0 saturated heterocycles. The first-order valence-electron chi connectivity index (χ1n) is 6.62. The minimum absolute atomic E-state index is 0.505. The summed E-state index contributed by atoms with van der Waals surface area (Å²) < 4.78 is 0. The molecule has 1 aliphatic carbocycles. The highest BCUT2D eigenvalue weighted by molar-refractivity contribution is 5.20. The second kappa shape index (κ2) is 4.21. The molecule has 0 spiro atoms. The fourth-order valence-corrected chi connectivity index (χ4v) is 3.44. The molecule has 1 aromatic rings. The van der Waals surface area contributed by atoms with Gasteiger partial charge in [0.05, 0.1) is 18.1 Å². The molecule has 88 valence electrons. The van der Waals surface area contributed by atoms with Crippen LogP contribution in [0.1, 0.15) is 50.0 Å². The van der Waals surface area contributed by atoms with Crippen molar-refractivity contribution in [3.8, 4) is 0 Å². The van der Waals surface area contributed by atoms with E-state index in [1.165, 1.54) is 37.1 Å². The number of imidazole rings is 1. The molecule has 1 aliphatic heterocycles. The molecule has 2 heterocycles. The van der Waals surface area contributed by atoms with Crippen molar-refractivity contribution in [2.45, 2.75) is 45.1 Å². The maximum atomic E-state index is 4.53. The summed E-state index contributed by atoms with van der Waals surface area (Å²) in [5.74, 6) is 1.63. The van der Waals surface area contributed by atoms with Crippen molar-refractivity contribution in [2.24, 2.45) is 11.8 Å². The van der Waals surface area contributed by atoms with Gasteiger partial charge in [-0.25, -0.2) is 4.98 Å². The molecule has 3 nitrogen and oxygen atoms in total. The van der Waals surface area contributed by atoms with Gasteiger partial charge in [0.1, 0.15) is 0 Å². The highest BCUT2D eigenvalue weighted by atomic mass is 15.0. The van der Waals surface area contributed by atoms with Crippen molar-refractivity contribution in [1.29, 1.82) is 0 Å². The molecule has 3 unspecified atom stereocenters. The molecule has 16 heavy (non-hydrogen) atoms. The van der Waals surface area contributed by atoms with Gasteiger partial charge < -0.3 is 10.3 Å². The first-order chi connectivity index (χ1) is 7.86. The Kier molecular flexibility index (Phi) is 2.72. The van der Waals surface area contributed by atoms with Crippen molar-refractivity contribution in [3.63, 3.8) is 0 Å². The first kappa shape index (κ1) is 10.3. The predicted octanol–water partition coefficient (Wildman–Crippen LogP) is 2.42. The molecule has 1 fully saturated rings. The van der Waals surface area contributed by atoms with E-state index in [2.05, 4.69) is 22.2 Å². The normalized spacial score (nSPS) is 34.7. The highest BCUT2D eigenvalue weighted by Gasteiger charge is 2.34. The minimum Gasteiger partial charge on any atom is -0.348 e. The van der Waals surface area contributed by atoms with E-state index in [9.17, 15) is 0 Å². The van der Waals surface area contributed by atoms with Crippen LogP contribution in [0.15, 0.2) is 6.33 Å². The number of nitrogens with zero attached hydrogens (tertiary/aromatic N) is 1. The molecule has 2 aliphatic rings. The van der Waals surface area contributed by atoms with Gasteiger partial charge in [0.15, 0.2) is 0 Å². The summed E-state index contributed by atoms with van der Waals surface area (Å²) in [5, 5.41) is 3.68. The van der Waals surface area contributed by atoms with E-state index in [1.54, 1.807) is 0 Å². The number of H-pyrrole nitrogens is 1. The number of hydrogen-bond donors (Lipinski definition) is 2. The predicted molar refractivity (Wildman–Crippen MR) is 64.2 cm³/mol. The van der Waals surface area contributed by atoms with Gasteiger partial charge in [0, 0.05) is 18.7 Å². The molecular weight excluding hydrogens is 198 g/mol. The van der Waals surface area contributed by atoms with Gasteiger partial charge in [0.25, 0.3) is 0 Å². The lowest BCUT2D eigenvalue weighted by atomic mass is 9.74. The zero-order chi connectivity index (χ0) is 11.0. The third kappa shape index (κ3) is 1.67. The van der Waals surface area contributed by atoms with Crippen LogP contribution in [0.4, 0.5) is 0 Å². The molecule has 3 rings (SSSR count). The van der Waals surface area contributed by atoms with Gasteiger partial charge in [-0.05, 0) is 18.3 Å². The number of nitrogens with one attached hydrogen (secondary N) is 2. The second-order valence-corrected chi connectivity index (χ2v) is 5.37. The van der Waals surface area contributed by atoms with Crippen LogP contribution in [0, 0.1) is 11.8 Å². The Morgan fingerprint density at radius 3 is 3.06 bits per heavy atom. The lowest BCUT2D eigenvalue weighted by Gasteiger charge is -2.37. The lowest BCUT2D eigenvalue weighted by molar-refractivity contribution is 0.187. The Morgan fingerprint density at radius 2 is 2.19 bits per heavy atom. The van der Waals surface area contributed by atoms with Crippen LogP contribution in [0.3, 0.4) is 0 Å². The Labute approximate surface area is 97.0 Å². The van der Waals surface area contributed by atoms with Crippen molar-refractivity contribution in [3.05, 3.63) is 17.7 Å². The van der Waals surface area contributed by atoms with Crippen LogP contribution >= 0.6 is 0 Å². The Hall–Kier alpha value is -0.830. The van der Waals surface area contributed by atoms with Crippen LogP contribution in [0.5, 0.6) is 0 Å². The molecule has 0 amide bonds. The van der Waals surface area contributed by atoms with Crippen molar-refractivity contribution in [1.82, 2.24) is 15.3 Å². The van der Waals surface area contributed by atoms with E-state index < -0.39 is 0 Å². The standard InChI is InChI=1S/C13H21N3/c1-9-4-2-3-5-10(9)12-13-11(6-7-14-12)15-8-16-13/h8-10,12,14H,2-7H2,1H3,(H,15,16). The van der Waals surface area contributed by atoms with E-state index in [-0.39, 0.29) is 0 Å². The molecule has 3 atom stereocenters. The summed E-state index contributed by atoms with van der Waals surface area (Å²) in [6.07, 6.45) is 8.53. The maximum absolute atomic E-state index is 4.53. The topological polar surface area (TPSA) is 40.7 Å². The molecule has 1 saturated carbocycles. The zero-order valence-electron chi connectivity index (χ0n) is 10.00. The van der Waals surface area contributed by atoms with Gasteiger partial charge >= 0.3 is 0 Å². The lowest BCUT2D eigenvalue weighted by Crippen LogP contribution is -2.38. The number of hydrogen-bond acceptors (Lipinski definition) is 2. The van der Waals surface area contributed by atoms with Crippen molar-refractivity contribution in [2.75, 3.05) is 6.54 Å². The fraction of sp³-hybridized carbons (Fsp3) is 0.769. The van der Waals surface area contributed by atoms with Crippen LogP contribution in [-0.4, -0.2) is 16.5 Å². The number of fused-ring (bicyclic) bond motifs is 1. The molecule has 0 bridgehead atoms. The minimum atomic E-state index is 0.505. The third-order valence-corrected chi connectivity index (χ3v) is 4.39. The van der Waals surface area contributed by atoms with Gasteiger partial charge in [0.2, 0.25) is 0 Å². The van der Waals surface area contributed by atoms with Crippen LogP contribution in [0.2, 0.25) is 0 Å². The van der Waals surface area contributed by atoms with Gasteiger partial charge in [-0.2, -0.15) is 0 Å². The average Bonchev–Trinajstić information content (AvgIpc) is 2.77. The van der Waals surface area contributed by atoms with E-state index in [0.29, 0.717) is 6.04 Å². The van der Waals surface area contributed by atoms with E-state index in [0.717, 1.165) is 24.8 Å². The summed E-state index contributed by atoms with van der Waals surface area (Å²) in [5.41, 5.74) is 2.66. The van der Waals surface area contributed by atoms with Crippen molar-refractivity contribution >= 4 is 0 Å². The number of aromatic amines is 1. The largest absolute Gasteiger partial charge is 0.348 e. The smallest absolute Gasteiger partial charge is 0.0925 e. The summed E-state index contributed by atoms with van der Waals surface area (Å²) in [6.45, 7) is 3.51. The van der Waals surface area contributed by atoms with E-state index in [4.69, 9.17) is 0 Å². The fourth-order valence-electron chi connectivity index (χ4n) is 3.44. The average molecular weight is 219 g/mol. The molecule has 1 aromatic heterocycles.